The number of rotatable bonds is 4. The fourth-order valence-electron chi connectivity index (χ4n) is 2.83. The lowest BCUT2D eigenvalue weighted by molar-refractivity contribution is -0.133. The van der Waals surface area contributed by atoms with Crippen LogP contribution in [-0.2, 0) is 4.79 Å². The average molecular weight is 264 g/mol. The molecular weight excluding hydrogens is 244 g/mol. The van der Waals surface area contributed by atoms with Gasteiger partial charge in [0, 0.05) is 5.25 Å². The molecule has 0 aliphatic heterocycles. The summed E-state index contributed by atoms with van der Waals surface area (Å²) in [6, 6.07) is 8.53. The topological polar surface area (TPSA) is 37.3 Å². The SMILES string of the molecule is Cc1ccccc1[C@H]1CCCC[C@H]1SCC(=O)O. The lowest BCUT2D eigenvalue weighted by Gasteiger charge is -2.32. The van der Waals surface area contributed by atoms with Crippen molar-refractivity contribution in [1.29, 1.82) is 0 Å². The van der Waals surface area contributed by atoms with Crippen LogP contribution in [0.15, 0.2) is 24.3 Å². The number of thioether (sulfide) groups is 1. The van der Waals surface area contributed by atoms with Crippen LogP contribution >= 0.6 is 11.8 Å². The molecule has 2 rings (SSSR count). The number of hydrogen-bond acceptors (Lipinski definition) is 2. The summed E-state index contributed by atoms with van der Waals surface area (Å²) in [7, 11) is 0. The molecule has 0 bridgehead atoms. The summed E-state index contributed by atoms with van der Waals surface area (Å²) in [5, 5.41) is 9.30. The summed E-state index contributed by atoms with van der Waals surface area (Å²) < 4.78 is 0. The third-order valence-electron chi connectivity index (χ3n) is 3.71. The Balaban J connectivity index is 2.12. The Morgan fingerprint density at radius 2 is 2.06 bits per heavy atom. The Morgan fingerprint density at radius 3 is 2.78 bits per heavy atom. The number of carboxylic acids is 1. The number of benzene rings is 1. The van der Waals surface area contributed by atoms with Crippen LogP contribution < -0.4 is 0 Å². The highest BCUT2D eigenvalue weighted by Crippen LogP contribution is 2.40. The van der Waals surface area contributed by atoms with E-state index >= 15 is 0 Å². The smallest absolute Gasteiger partial charge is 0.313 e. The quantitative estimate of drug-likeness (QED) is 0.897. The Morgan fingerprint density at radius 1 is 1.33 bits per heavy atom. The van der Waals surface area contributed by atoms with Crippen molar-refractivity contribution in [2.24, 2.45) is 0 Å². The first-order valence-electron chi connectivity index (χ1n) is 6.57. The van der Waals surface area contributed by atoms with Crippen LogP contribution in [-0.4, -0.2) is 22.1 Å². The van der Waals surface area contributed by atoms with Gasteiger partial charge >= 0.3 is 5.97 Å². The zero-order chi connectivity index (χ0) is 13.0. The van der Waals surface area contributed by atoms with Gasteiger partial charge < -0.3 is 5.11 Å². The van der Waals surface area contributed by atoms with E-state index in [9.17, 15) is 4.79 Å². The van der Waals surface area contributed by atoms with Crippen molar-refractivity contribution in [2.75, 3.05) is 5.75 Å². The molecule has 18 heavy (non-hydrogen) atoms. The van der Waals surface area contributed by atoms with Crippen LogP contribution in [0.4, 0.5) is 0 Å². The second-order valence-electron chi connectivity index (χ2n) is 4.99. The predicted octanol–water partition coefficient (Wildman–Crippen LogP) is 3.84. The standard InChI is InChI=1S/C15H20O2S/c1-11-6-2-3-7-12(11)13-8-4-5-9-14(13)18-10-15(16)17/h2-3,6-7,13-14H,4-5,8-10H2,1H3,(H,16,17)/t13-,14-/m1/s1. The van der Waals surface area contributed by atoms with E-state index in [1.165, 1.54) is 30.4 Å². The minimum atomic E-state index is -0.700. The second kappa shape index (κ2) is 6.28. The highest BCUT2D eigenvalue weighted by atomic mass is 32.2. The van der Waals surface area contributed by atoms with E-state index in [1.54, 1.807) is 11.8 Å². The van der Waals surface area contributed by atoms with E-state index in [0.717, 1.165) is 6.42 Å². The molecule has 1 N–H and O–H groups in total. The average Bonchev–Trinajstić information content (AvgIpc) is 2.37. The van der Waals surface area contributed by atoms with Gasteiger partial charge in [-0.05, 0) is 36.8 Å². The Bertz CT molecular complexity index is 417. The van der Waals surface area contributed by atoms with Gasteiger partial charge in [0.05, 0.1) is 5.75 Å². The largest absolute Gasteiger partial charge is 0.481 e. The van der Waals surface area contributed by atoms with Gasteiger partial charge in [-0.25, -0.2) is 0 Å². The van der Waals surface area contributed by atoms with Crippen LogP contribution in [0.2, 0.25) is 0 Å². The number of aryl methyl sites for hydroxylation is 1. The highest BCUT2D eigenvalue weighted by molar-refractivity contribution is 8.00. The number of hydrogen-bond donors (Lipinski definition) is 1. The van der Waals surface area contributed by atoms with Gasteiger partial charge in [-0.2, -0.15) is 0 Å². The maximum absolute atomic E-state index is 10.7. The first-order valence-corrected chi connectivity index (χ1v) is 7.62. The minimum Gasteiger partial charge on any atom is -0.481 e. The fourth-order valence-corrected chi connectivity index (χ4v) is 4.04. The summed E-state index contributed by atoms with van der Waals surface area (Å²) in [6.45, 7) is 2.16. The van der Waals surface area contributed by atoms with Gasteiger partial charge in [-0.15, -0.1) is 11.8 Å². The predicted molar refractivity (Wildman–Crippen MR) is 76.3 cm³/mol. The van der Waals surface area contributed by atoms with E-state index in [2.05, 4.69) is 31.2 Å². The molecule has 1 fully saturated rings. The molecule has 0 unspecified atom stereocenters. The first kappa shape index (κ1) is 13.5. The molecule has 0 amide bonds. The van der Waals surface area contributed by atoms with Crippen molar-refractivity contribution < 1.29 is 9.90 Å². The van der Waals surface area contributed by atoms with Crippen LogP contribution in [0.1, 0.15) is 42.7 Å². The van der Waals surface area contributed by atoms with E-state index in [1.807, 2.05) is 0 Å². The summed E-state index contributed by atoms with van der Waals surface area (Å²) in [5.41, 5.74) is 2.76. The third-order valence-corrected chi connectivity index (χ3v) is 5.12. The summed E-state index contributed by atoms with van der Waals surface area (Å²) in [6.07, 6.45) is 4.85. The van der Waals surface area contributed by atoms with Crippen molar-refractivity contribution in [2.45, 2.75) is 43.8 Å². The highest BCUT2D eigenvalue weighted by Gasteiger charge is 2.28. The normalized spacial score (nSPS) is 23.8. The molecule has 3 heteroatoms. The van der Waals surface area contributed by atoms with E-state index < -0.39 is 5.97 Å². The van der Waals surface area contributed by atoms with Crippen LogP contribution in [0.5, 0.6) is 0 Å². The number of aliphatic carboxylic acids is 1. The van der Waals surface area contributed by atoms with Crippen LogP contribution in [0.3, 0.4) is 0 Å². The molecule has 0 heterocycles. The molecule has 0 aromatic heterocycles. The lowest BCUT2D eigenvalue weighted by Crippen LogP contribution is -2.22. The molecule has 1 aliphatic carbocycles. The van der Waals surface area contributed by atoms with Crippen molar-refractivity contribution in [3.63, 3.8) is 0 Å². The molecule has 0 spiro atoms. The molecule has 0 radical (unpaired) electrons. The van der Waals surface area contributed by atoms with Crippen molar-refractivity contribution in [1.82, 2.24) is 0 Å². The van der Waals surface area contributed by atoms with Gasteiger partial charge in [-0.1, -0.05) is 37.1 Å². The van der Waals surface area contributed by atoms with Crippen LogP contribution in [0.25, 0.3) is 0 Å². The fraction of sp³-hybridized carbons (Fsp3) is 0.533. The Hall–Kier alpha value is -0.960. The molecule has 2 atom stereocenters. The molecule has 0 saturated heterocycles. The summed E-state index contributed by atoms with van der Waals surface area (Å²) in [4.78, 5) is 10.7. The number of carboxylic acid groups (broad SMARTS) is 1. The maximum Gasteiger partial charge on any atom is 0.313 e. The molecule has 1 aliphatic rings. The van der Waals surface area contributed by atoms with Gasteiger partial charge in [0.1, 0.15) is 0 Å². The van der Waals surface area contributed by atoms with Crippen molar-refractivity contribution in [3.8, 4) is 0 Å². The molecule has 1 aromatic rings. The Kier molecular flexibility index (Phi) is 4.70. The van der Waals surface area contributed by atoms with E-state index in [-0.39, 0.29) is 5.75 Å². The van der Waals surface area contributed by atoms with Gasteiger partial charge in [0.25, 0.3) is 0 Å². The van der Waals surface area contributed by atoms with Gasteiger partial charge in [-0.3, -0.25) is 4.79 Å². The first-order chi connectivity index (χ1) is 8.68. The van der Waals surface area contributed by atoms with Gasteiger partial charge in [0.2, 0.25) is 0 Å². The van der Waals surface area contributed by atoms with Crippen LogP contribution in [0, 0.1) is 6.92 Å². The Labute approximate surface area is 113 Å². The maximum atomic E-state index is 10.7. The molecule has 98 valence electrons. The molecule has 2 nitrogen and oxygen atoms in total. The molecular formula is C15H20O2S. The summed E-state index contributed by atoms with van der Waals surface area (Å²) in [5.74, 6) is 0.0611. The van der Waals surface area contributed by atoms with E-state index in [0.29, 0.717) is 11.2 Å². The molecule has 1 aromatic carbocycles. The zero-order valence-corrected chi connectivity index (χ0v) is 11.6. The van der Waals surface area contributed by atoms with Crippen molar-refractivity contribution in [3.05, 3.63) is 35.4 Å². The monoisotopic (exact) mass is 264 g/mol. The number of carbonyl (C=O) groups is 1. The van der Waals surface area contributed by atoms with Gasteiger partial charge in [0.15, 0.2) is 0 Å². The van der Waals surface area contributed by atoms with Crippen molar-refractivity contribution >= 4 is 17.7 Å². The lowest BCUT2D eigenvalue weighted by atomic mass is 9.82. The third kappa shape index (κ3) is 3.29. The zero-order valence-electron chi connectivity index (χ0n) is 10.8. The minimum absolute atomic E-state index is 0.229. The van der Waals surface area contributed by atoms with E-state index in [4.69, 9.17) is 5.11 Å². The summed E-state index contributed by atoms with van der Waals surface area (Å²) >= 11 is 1.62. The second-order valence-corrected chi connectivity index (χ2v) is 6.22. The molecule has 1 saturated carbocycles.